The predicted molar refractivity (Wildman–Crippen MR) is 124 cm³/mol. The van der Waals surface area contributed by atoms with Crippen molar-refractivity contribution < 1.29 is 9.47 Å². The van der Waals surface area contributed by atoms with Crippen LogP contribution in [0.3, 0.4) is 0 Å². The van der Waals surface area contributed by atoms with E-state index in [-0.39, 0.29) is 5.41 Å². The van der Waals surface area contributed by atoms with E-state index in [9.17, 15) is 0 Å². The van der Waals surface area contributed by atoms with Gasteiger partial charge in [0, 0.05) is 37.8 Å². The van der Waals surface area contributed by atoms with E-state index in [4.69, 9.17) is 14.5 Å². The third-order valence-corrected chi connectivity index (χ3v) is 6.52. The molecule has 2 aliphatic heterocycles. The Morgan fingerprint density at radius 3 is 2.60 bits per heavy atom. The molecule has 2 aliphatic rings. The molecule has 0 radical (unpaired) electrons. The highest BCUT2D eigenvalue weighted by molar-refractivity contribution is 5.79. The van der Waals surface area contributed by atoms with Crippen molar-refractivity contribution in [1.82, 2.24) is 15.5 Å². The molecule has 0 amide bonds. The van der Waals surface area contributed by atoms with Gasteiger partial charge in [-0.05, 0) is 70.3 Å². The van der Waals surface area contributed by atoms with Gasteiger partial charge < -0.3 is 20.1 Å². The molecule has 1 aromatic carbocycles. The van der Waals surface area contributed by atoms with Gasteiger partial charge in [-0.3, -0.25) is 9.89 Å². The van der Waals surface area contributed by atoms with Gasteiger partial charge in [0.1, 0.15) is 5.75 Å². The average molecular weight is 417 g/mol. The van der Waals surface area contributed by atoms with Crippen LogP contribution in [0, 0.1) is 0 Å². The lowest BCUT2D eigenvalue weighted by molar-refractivity contribution is 0.0531. The van der Waals surface area contributed by atoms with Crippen LogP contribution >= 0.6 is 0 Å². The van der Waals surface area contributed by atoms with Crippen LogP contribution in [0.1, 0.15) is 52.0 Å². The third-order valence-electron chi connectivity index (χ3n) is 6.52. The Morgan fingerprint density at radius 2 is 1.93 bits per heavy atom. The Labute approximate surface area is 182 Å². The minimum Gasteiger partial charge on any atom is -0.494 e. The fraction of sp³-hybridized carbons (Fsp3) is 0.708. The third kappa shape index (κ3) is 5.88. The number of likely N-dealkylation sites (tertiary alicyclic amines) is 1. The zero-order chi connectivity index (χ0) is 21.2. The van der Waals surface area contributed by atoms with Crippen LogP contribution in [0.25, 0.3) is 0 Å². The second-order valence-corrected chi connectivity index (χ2v) is 8.35. The summed E-state index contributed by atoms with van der Waals surface area (Å²) in [6, 6.07) is 9.21. The molecule has 168 valence electrons. The van der Waals surface area contributed by atoms with Crippen LogP contribution in [0.4, 0.5) is 0 Å². The van der Waals surface area contributed by atoms with Crippen molar-refractivity contribution >= 4 is 5.96 Å². The van der Waals surface area contributed by atoms with Crippen molar-refractivity contribution in [1.29, 1.82) is 0 Å². The lowest BCUT2D eigenvalue weighted by Crippen LogP contribution is -2.46. The number of benzene rings is 1. The summed E-state index contributed by atoms with van der Waals surface area (Å²) in [6.07, 6.45) is 4.56. The summed E-state index contributed by atoms with van der Waals surface area (Å²) in [4.78, 5) is 7.61. The van der Waals surface area contributed by atoms with Crippen LogP contribution < -0.4 is 15.4 Å². The first-order valence-corrected chi connectivity index (χ1v) is 11.8. The largest absolute Gasteiger partial charge is 0.494 e. The normalized spacial score (nSPS) is 22.1. The molecule has 3 rings (SSSR count). The first-order valence-electron chi connectivity index (χ1n) is 11.8. The Kier molecular flexibility index (Phi) is 8.82. The minimum atomic E-state index is 0.0220. The van der Waals surface area contributed by atoms with Crippen LogP contribution in [0.15, 0.2) is 29.3 Å². The number of nitrogens with zero attached hydrogens (tertiary/aromatic N) is 2. The molecule has 1 atom stereocenters. The van der Waals surface area contributed by atoms with Gasteiger partial charge in [0.15, 0.2) is 5.96 Å². The zero-order valence-electron chi connectivity index (χ0n) is 19.1. The number of rotatable bonds is 9. The van der Waals surface area contributed by atoms with Gasteiger partial charge in [0.05, 0.1) is 13.2 Å². The summed E-state index contributed by atoms with van der Waals surface area (Å²) in [5.74, 6) is 1.86. The number of ether oxygens (including phenoxy) is 2. The topological polar surface area (TPSA) is 58.1 Å². The number of guanidine groups is 1. The van der Waals surface area contributed by atoms with Crippen molar-refractivity contribution in [3.63, 3.8) is 0 Å². The van der Waals surface area contributed by atoms with E-state index in [1.165, 1.54) is 24.9 Å². The molecule has 2 heterocycles. The molecule has 2 saturated heterocycles. The maximum Gasteiger partial charge on any atom is 0.191 e. The molecule has 0 spiro atoms. The molecule has 0 aliphatic carbocycles. The molecule has 6 heteroatoms. The summed E-state index contributed by atoms with van der Waals surface area (Å²) in [5, 5.41) is 7.05. The second kappa shape index (κ2) is 11.6. The highest BCUT2D eigenvalue weighted by Gasteiger charge is 2.34. The second-order valence-electron chi connectivity index (χ2n) is 8.35. The van der Waals surface area contributed by atoms with Crippen LogP contribution in [0.2, 0.25) is 0 Å². The number of likely N-dealkylation sites (N-methyl/N-ethyl adjacent to an activating group) is 1. The standard InChI is InChI=1S/C24H40N4O2/c1-4-25-23(26-18-21-8-7-15-28(21)5-2)27-19-24(13-16-29-17-14-24)20-9-11-22(12-10-20)30-6-3/h9-12,21H,4-8,13-19H2,1-3H3,(H2,25,26,27). The number of hydrogen-bond donors (Lipinski definition) is 2. The van der Waals surface area contributed by atoms with Gasteiger partial charge in [0.25, 0.3) is 0 Å². The predicted octanol–water partition coefficient (Wildman–Crippen LogP) is 3.17. The first-order chi connectivity index (χ1) is 14.7. The van der Waals surface area contributed by atoms with E-state index < -0.39 is 0 Å². The highest BCUT2D eigenvalue weighted by atomic mass is 16.5. The maximum atomic E-state index is 5.69. The lowest BCUT2D eigenvalue weighted by atomic mass is 9.74. The Hall–Kier alpha value is -1.79. The van der Waals surface area contributed by atoms with E-state index >= 15 is 0 Å². The fourth-order valence-electron chi connectivity index (χ4n) is 4.70. The summed E-state index contributed by atoms with van der Waals surface area (Å²) in [5.41, 5.74) is 1.36. The van der Waals surface area contributed by atoms with Gasteiger partial charge in [0.2, 0.25) is 0 Å². The zero-order valence-corrected chi connectivity index (χ0v) is 19.1. The molecule has 6 nitrogen and oxygen atoms in total. The smallest absolute Gasteiger partial charge is 0.191 e. The van der Waals surface area contributed by atoms with Gasteiger partial charge in [-0.2, -0.15) is 0 Å². The van der Waals surface area contributed by atoms with Crippen molar-refractivity contribution in [3.8, 4) is 5.75 Å². The molecule has 1 unspecified atom stereocenters. The molecule has 0 saturated carbocycles. The Morgan fingerprint density at radius 1 is 1.17 bits per heavy atom. The molecule has 30 heavy (non-hydrogen) atoms. The minimum absolute atomic E-state index is 0.0220. The average Bonchev–Trinajstić information content (AvgIpc) is 3.25. The summed E-state index contributed by atoms with van der Waals surface area (Å²) >= 11 is 0. The van der Waals surface area contributed by atoms with E-state index in [1.54, 1.807) is 0 Å². The SMILES string of the molecule is CCNC(=NCC1(c2ccc(OCC)cc2)CCOCC1)NCC1CCCN1CC. The number of nitrogens with one attached hydrogen (secondary N) is 2. The molecule has 0 aromatic heterocycles. The molecule has 2 fully saturated rings. The number of hydrogen-bond acceptors (Lipinski definition) is 4. The molecule has 0 bridgehead atoms. The van der Waals surface area contributed by atoms with Crippen molar-refractivity contribution in [2.75, 3.05) is 52.5 Å². The van der Waals surface area contributed by atoms with Gasteiger partial charge in [-0.1, -0.05) is 19.1 Å². The van der Waals surface area contributed by atoms with E-state index in [0.29, 0.717) is 12.6 Å². The van der Waals surface area contributed by atoms with Crippen LogP contribution in [-0.2, 0) is 10.2 Å². The van der Waals surface area contributed by atoms with Crippen molar-refractivity contribution in [2.45, 2.75) is 57.9 Å². The highest BCUT2D eigenvalue weighted by Crippen LogP contribution is 2.36. The van der Waals surface area contributed by atoms with E-state index in [0.717, 1.165) is 63.9 Å². The summed E-state index contributed by atoms with van der Waals surface area (Å²) < 4.78 is 11.3. The van der Waals surface area contributed by atoms with E-state index in [2.05, 4.69) is 53.6 Å². The van der Waals surface area contributed by atoms with Crippen LogP contribution in [0.5, 0.6) is 5.75 Å². The van der Waals surface area contributed by atoms with Gasteiger partial charge >= 0.3 is 0 Å². The quantitative estimate of drug-likeness (QED) is 0.478. The van der Waals surface area contributed by atoms with E-state index in [1.807, 2.05) is 6.92 Å². The van der Waals surface area contributed by atoms with Gasteiger partial charge in [-0.15, -0.1) is 0 Å². The molecule has 1 aromatic rings. The monoisotopic (exact) mass is 416 g/mol. The van der Waals surface area contributed by atoms with Crippen molar-refractivity contribution in [3.05, 3.63) is 29.8 Å². The fourth-order valence-corrected chi connectivity index (χ4v) is 4.70. The Balaban J connectivity index is 1.70. The van der Waals surface area contributed by atoms with Crippen LogP contribution in [-0.4, -0.2) is 69.4 Å². The van der Waals surface area contributed by atoms with Gasteiger partial charge in [-0.25, -0.2) is 0 Å². The lowest BCUT2D eigenvalue weighted by Gasteiger charge is -2.37. The molecular formula is C24H40N4O2. The summed E-state index contributed by atoms with van der Waals surface area (Å²) in [7, 11) is 0. The summed E-state index contributed by atoms with van der Waals surface area (Å²) in [6.45, 7) is 13.6. The molecular weight excluding hydrogens is 376 g/mol. The van der Waals surface area contributed by atoms with Crippen molar-refractivity contribution in [2.24, 2.45) is 4.99 Å². The first kappa shape index (κ1) is 22.9. The maximum absolute atomic E-state index is 5.69. The molecule has 2 N–H and O–H groups in total. The number of aliphatic imine (C=N–C) groups is 1. The Bertz CT molecular complexity index is 656.